The minimum atomic E-state index is 0.508. The second kappa shape index (κ2) is 6.20. The molecule has 4 heteroatoms. The molecule has 1 aromatic heterocycles. The van der Waals surface area contributed by atoms with Crippen molar-refractivity contribution < 1.29 is 0 Å². The van der Waals surface area contributed by atoms with Crippen LogP contribution in [0.15, 0.2) is 34.8 Å². The van der Waals surface area contributed by atoms with Crippen molar-refractivity contribution in [2.24, 2.45) is 0 Å². The van der Waals surface area contributed by atoms with Gasteiger partial charge in [-0.3, -0.25) is 0 Å². The lowest BCUT2D eigenvalue weighted by molar-refractivity contribution is 0.593. The van der Waals surface area contributed by atoms with Crippen LogP contribution in [0.2, 0.25) is 5.02 Å². The minimum Gasteiger partial charge on any atom is -0.310 e. The van der Waals surface area contributed by atoms with Gasteiger partial charge < -0.3 is 5.32 Å². The van der Waals surface area contributed by atoms with E-state index in [1.54, 1.807) is 11.3 Å². The smallest absolute Gasteiger partial charge is 0.0554 e. The van der Waals surface area contributed by atoms with Crippen molar-refractivity contribution >= 4 is 38.9 Å². The Morgan fingerprint density at radius 1 is 1.28 bits per heavy atom. The average molecular weight is 345 g/mol. The number of thiophene rings is 1. The first-order valence-electron chi connectivity index (χ1n) is 5.84. The molecule has 0 saturated carbocycles. The molecule has 1 N–H and O–H groups in total. The number of rotatable bonds is 4. The SMILES string of the molecule is CC(C)NCc1ccc(-c2cccc(Cl)c2Br)s1. The maximum absolute atomic E-state index is 6.12. The summed E-state index contributed by atoms with van der Waals surface area (Å²) in [5.74, 6) is 0. The fourth-order valence-electron chi connectivity index (χ4n) is 1.62. The van der Waals surface area contributed by atoms with Crippen LogP contribution in [0.25, 0.3) is 10.4 Å². The van der Waals surface area contributed by atoms with E-state index in [0.29, 0.717) is 6.04 Å². The molecule has 0 amide bonds. The van der Waals surface area contributed by atoms with Gasteiger partial charge in [-0.1, -0.05) is 37.6 Å². The molecule has 0 spiro atoms. The normalized spacial score (nSPS) is 11.2. The summed E-state index contributed by atoms with van der Waals surface area (Å²) < 4.78 is 0.969. The van der Waals surface area contributed by atoms with Gasteiger partial charge in [0.2, 0.25) is 0 Å². The summed E-state index contributed by atoms with van der Waals surface area (Å²) in [5.41, 5.74) is 1.16. The van der Waals surface area contributed by atoms with E-state index in [1.807, 2.05) is 12.1 Å². The van der Waals surface area contributed by atoms with E-state index in [1.165, 1.54) is 9.75 Å². The quantitative estimate of drug-likeness (QED) is 0.790. The van der Waals surface area contributed by atoms with Gasteiger partial charge in [0.1, 0.15) is 0 Å². The third kappa shape index (κ3) is 3.35. The first-order chi connectivity index (χ1) is 8.58. The predicted molar refractivity (Wildman–Crippen MR) is 84.4 cm³/mol. The second-order valence-corrected chi connectivity index (χ2v) is 6.77. The van der Waals surface area contributed by atoms with Crippen LogP contribution in [0.1, 0.15) is 18.7 Å². The summed E-state index contributed by atoms with van der Waals surface area (Å²) >= 11 is 11.5. The predicted octanol–water partition coefficient (Wildman–Crippen LogP) is 5.33. The molecule has 0 bridgehead atoms. The Morgan fingerprint density at radius 2 is 2.06 bits per heavy atom. The molecule has 0 aliphatic rings. The molecule has 2 aromatic rings. The number of halogens is 2. The van der Waals surface area contributed by atoms with Gasteiger partial charge in [0.05, 0.1) is 5.02 Å². The van der Waals surface area contributed by atoms with Crippen molar-refractivity contribution in [2.45, 2.75) is 26.4 Å². The van der Waals surface area contributed by atoms with Gasteiger partial charge in [-0.15, -0.1) is 11.3 Å². The van der Waals surface area contributed by atoms with Gasteiger partial charge in [0.15, 0.2) is 0 Å². The lowest BCUT2D eigenvalue weighted by Gasteiger charge is -2.05. The van der Waals surface area contributed by atoms with Crippen LogP contribution in [0.4, 0.5) is 0 Å². The molecule has 1 heterocycles. The zero-order valence-electron chi connectivity index (χ0n) is 10.3. The Kier molecular flexibility index (Phi) is 4.84. The molecule has 0 aliphatic heterocycles. The molecular formula is C14H15BrClNS. The molecule has 0 atom stereocenters. The molecule has 96 valence electrons. The van der Waals surface area contributed by atoms with E-state index in [0.717, 1.165) is 21.6 Å². The number of hydrogen-bond donors (Lipinski definition) is 1. The molecule has 1 aromatic carbocycles. The first kappa shape index (κ1) is 14.1. The van der Waals surface area contributed by atoms with Gasteiger partial charge >= 0.3 is 0 Å². The van der Waals surface area contributed by atoms with Crippen LogP contribution in [-0.2, 0) is 6.54 Å². The van der Waals surface area contributed by atoms with Gasteiger partial charge in [0, 0.05) is 32.4 Å². The largest absolute Gasteiger partial charge is 0.310 e. The number of benzene rings is 1. The summed E-state index contributed by atoms with van der Waals surface area (Å²) in [5, 5.41) is 4.18. The van der Waals surface area contributed by atoms with Gasteiger partial charge in [-0.25, -0.2) is 0 Å². The van der Waals surface area contributed by atoms with Crippen molar-refractivity contribution in [3.05, 3.63) is 44.7 Å². The monoisotopic (exact) mass is 343 g/mol. The lowest BCUT2D eigenvalue weighted by atomic mass is 10.2. The van der Waals surface area contributed by atoms with Crippen LogP contribution >= 0.6 is 38.9 Å². The maximum atomic E-state index is 6.12. The minimum absolute atomic E-state index is 0.508. The molecule has 0 aliphatic carbocycles. The fraction of sp³-hybridized carbons (Fsp3) is 0.286. The highest BCUT2D eigenvalue weighted by molar-refractivity contribution is 9.10. The highest BCUT2D eigenvalue weighted by Gasteiger charge is 2.09. The van der Waals surface area contributed by atoms with Crippen LogP contribution in [0.3, 0.4) is 0 Å². The van der Waals surface area contributed by atoms with Crippen molar-refractivity contribution in [2.75, 3.05) is 0 Å². The van der Waals surface area contributed by atoms with E-state index in [4.69, 9.17) is 11.6 Å². The molecular weight excluding hydrogens is 330 g/mol. The van der Waals surface area contributed by atoms with Gasteiger partial charge in [0.25, 0.3) is 0 Å². The lowest BCUT2D eigenvalue weighted by Crippen LogP contribution is -2.21. The number of hydrogen-bond acceptors (Lipinski definition) is 2. The first-order valence-corrected chi connectivity index (χ1v) is 7.83. The van der Waals surface area contributed by atoms with E-state index >= 15 is 0 Å². The fourth-order valence-corrected chi connectivity index (χ4v) is 3.39. The Balaban J connectivity index is 2.21. The van der Waals surface area contributed by atoms with Crippen molar-refractivity contribution in [3.8, 4) is 10.4 Å². The summed E-state index contributed by atoms with van der Waals surface area (Å²) in [4.78, 5) is 2.58. The molecule has 18 heavy (non-hydrogen) atoms. The van der Waals surface area contributed by atoms with E-state index in [-0.39, 0.29) is 0 Å². The molecule has 0 radical (unpaired) electrons. The van der Waals surface area contributed by atoms with E-state index < -0.39 is 0 Å². The van der Waals surface area contributed by atoms with Crippen LogP contribution in [-0.4, -0.2) is 6.04 Å². The molecule has 0 unspecified atom stereocenters. The van der Waals surface area contributed by atoms with Gasteiger partial charge in [-0.05, 0) is 34.1 Å². The molecule has 2 rings (SSSR count). The van der Waals surface area contributed by atoms with Crippen LogP contribution < -0.4 is 5.32 Å². The third-order valence-corrected chi connectivity index (χ3v) is 5.08. The Morgan fingerprint density at radius 3 is 2.78 bits per heavy atom. The molecule has 1 nitrogen and oxygen atoms in total. The van der Waals surface area contributed by atoms with Crippen LogP contribution in [0, 0.1) is 0 Å². The topological polar surface area (TPSA) is 12.0 Å². The standard InChI is InChI=1S/C14H15BrClNS/c1-9(2)17-8-10-6-7-13(18-10)11-4-3-5-12(16)14(11)15/h3-7,9,17H,8H2,1-2H3. The highest BCUT2D eigenvalue weighted by Crippen LogP contribution is 2.37. The molecule has 0 saturated heterocycles. The second-order valence-electron chi connectivity index (χ2n) is 4.40. The summed E-state index contributed by atoms with van der Waals surface area (Å²) in [6, 6.07) is 10.8. The Labute approximate surface area is 125 Å². The zero-order valence-corrected chi connectivity index (χ0v) is 13.5. The summed E-state index contributed by atoms with van der Waals surface area (Å²) in [7, 11) is 0. The summed E-state index contributed by atoms with van der Waals surface area (Å²) in [6.45, 7) is 5.23. The number of nitrogens with one attached hydrogen (secondary N) is 1. The van der Waals surface area contributed by atoms with Crippen molar-refractivity contribution in [1.29, 1.82) is 0 Å². The van der Waals surface area contributed by atoms with Gasteiger partial charge in [-0.2, -0.15) is 0 Å². The average Bonchev–Trinajstić information content (AvgIpc) is 2.78. The van der Waals surface area contributed by atoms with Crippen LogP contribution in [0.5, 0.6) is 0 Å². The Bertz CT molecular complexity index is 536. The van der Waals surface area contributed by atoms with E-state index in [9.17, 15) is 0 Å². The van der Waals surface area contributed by atoms with E-state index in [2.05, 4.69) is 53.3 Å². The highest BCUT2D eigenvalue weighted by atomic mass is 79.9. The third-order valence-electron chi connectivity index (χ3n) is 2.56. The molecule has 0 fully saturated rings. The van der Waals surface area contributed by atoms with Crippen molar-refractivity contribution in [1.82, 2.24) is 5.32 Å². The summed E-state index contributed by atoms with van der Waals surface area (Å²) in [6.07, 6.45) is 0. The van der Waals surface area contributed by atoms with Crippen molar-refractivity contribution in [3.63, 3.8) is 0 Å². The zero-order chi connectivity index (χ0) is 13.1. The Hall–Kier alpha value is -0.350. The maximum Gasteiger partial charge on any atom is 0.0554 e.